The van der Waals surface area contributed by atoms with Crippen molar-refractivity contribution >= 4 is 70.1 Å². The topological polar surface area (TPSA) is 290 Å². The molecule has 25 heteroatoms. The quantitative estimate of drug-likeness (QED) is 0.0415. The zero-order valence-corrected chi connectivity index (χ0v) is 38.3. The number of H-pyrrole nitrogens is 1. The van der Waals surface area contributed by atoms with Crippen LogP contribution in [0, 0.1) is 11.3 Å². The molecular formula is C43H53F3N10O12. The van der Waals surface area contributed by atoms with Crippen LogP contribution in [0.4, 0.5) is 24.8 Å². The number of benzene rings is 1. The highest BCUT2D eigenvalue weighted by Crippen LogP contribution is 2.34. The first-order chi connectivity index (χ1) is 31.8. The molecule has 368 valence electrons. The number of halogens is 3. The summed E-state index contributed by atoms with van der Waals surface area (Å²) in [5, 5.41) is 10.2. The number of fused-ring (bicyclic) bond motifs is 1. The molecule has 3 heterocycles. The zero-order valence-electron chi connectivity index (χ0n) is 38.3. The lowest BCUT2D eigenvalue weighted by Gasteiger charge is -2.41. The Balaban J connectivity index is 1.30. The Hall–Kier alpha value is -7.15. The summed E-state index contributed by atoms with van der Waals surface area (Å²) in [5.41, 5.74) is -2.74. The smallest absolute Gasteiger partial charge is 0.467 e. The Bertz CT molecular complexity index is 2460. The average molecular weight is 959 g/mol. The molecule has 7 amide bonds. The van der Waals surface area contributed by atoms with E-state index in [0.717, 1.165) is 54.6 Å². The summed E-state index contributed by atoms with van der Waals surface area (Å²) >= 11 is 0. The van der Waals surface area contributed by atoms with Gasteiger partial charge in [0.05, 0.1) is 38.8 Å². The summed E-state index contributed by atoms with van der Waals surface area (Å²) in [4.78, 5) is 127. The number of amides is 7. The Morgan fingerprint density at radius 3 is 1.99 bits per heavy atom. The van der Waals surface area contributed by atoms with Crippen LogP contribution < -0.4 is 31.7 Å². The van der Waals surface area contributed by atoms with Crippen LogP contribution in [0.5, 0.6) is 0 Å². The maximum absolute atomic E-state index is 13.8. The predicted octanol–water partition coefficient (Wildman–Crippen LogP) is 1.80. The molecule has 68 heavy (non-hydrogen) atoms. The van der Waals surface area contributed by atoms with E-state index in [1.165, 1.54) is 0 Å². The second-order valence-corrected chi connectivity index (χ2v) is 16.6. The van der Waals surface area contributed by atoms with E-state index in [0.29, 0.717) is 4.90 Å². The molecule has 22 nitrogen and oxygen atoms in total. The van der Waals surface area contributed by atoms with Crippen molar-refractivity contribution in [3.8, 4) is 0 Å². The Labute approximate surface area is 387 Å². The minimum Gasteiger partial charge on any atom is -0.467 e. The second-order valence-electron chi connectivity index (χ2n) is 16.6. The third-order valence-corrected chi connectivity index (χ3v) is 10.4. The van der Waals surface area contributed by atoms with Crippen LogP contribution in [0.1, 0.15) is 76.9 Å². The van der Waals surface area contributed by atoms with Crippen LogP contribution in [0.25, 0.3) is 11.2 Å². The van der Waals surface area contributed by atoms with Crippen molar-refractivity contribution < 1.29 is 65.7 Å². The van der Waals surface area contributed by atoms with E-state index in [2.05, 4.69) is 41.2 Å². The molecule has 2 atom stereocenters. The first-order valence-corrected chi connectivity index (χ1v) is 21.1. The van der Waals surface area contributed by atoms with Crippen molar-refractivity contribution in [2.75, 3.05) is 50.2 Å². The standard InChI is InChI=1S/C43H53F3N10O12/c1-24(2)35(61)53-40-52-34-33(37(63)54-40)50-26(22-49-34)23-56(39(65)43(44,45)46)27-10-8-25(9-11-27)36(62)51-28(38(64)66-7)12-13-29(57)47-17-20-67-42(6,41(3,4)5)68-21-18-48-30(58)16-19-55-31(59)14-15-32(55)60/h8-11,14-15,22,24,28H,12-13,16-21,23H2,1-7H3,(H,47,57)(H,48,58)(H,51,62)(H2,49,52,53,54,61,63)/t28-,42?/m0/s1. The summed E-state index contributed by atoms with van der Waals surface area (Å²) in [6, 6.07) is 2.97. The largest absolute Gasteiger partial charge is 0.471 e. The van der Waals surface area contributed by atoms with Crippen molar-refractivity contribution in [1.29, 1.82) is 0 Å². The summed E-state index contributed by atoms with van der Waals surface area (Å²) < 4.78 is 58.3. The van der Waals surface area contributed by atoms with E-state index in [9.17, 15) is 56.3 Å². The van der Waals surface area contributed by atoms with Crippen LogP contribution in [-0.2, 0) is 54.3 Å². The van der Waals surface area contributed by atoms with Gasteiger partial charge in [-0.15, -0.1) is 0 Å². The number of alkyl halides is 3. The number of carbonyl (C=O) groups is 8. The zero-order chi connectivity index (χ0) is 50.6. The highest BCUT2D eigenvalue weighted by molar-refractivity contribution is 6.13. The molecule has 0 fully saturated rings. The first kappa shape index (κ1) is 53.5. The van der Waals surface area contributed by atoms with Crippen molar-refractivity contribution in [3.63, 3.8) is 0 Å². The van der Waals surface area contributed by atoms with Gasteiger partial charge in [-0.1, -0.05) is 34.6 Å². The fraction of sp³-hybridized carbons (Fsp3) is 0.488. The van der Waals surface area contributed by atoms with Crippen LogP contribution in [-0.4, -0.2) is 130 Å². The molecule has 1 aliphatic rings. The van der Waals surface area contributed by atoms with E-state index in [4.69, 9.17) is 14.2 Å². The normalized spacial score (nSPS) is 14.1. The van der Waals surface area contributed by atoms with Gasteiger partial charge in [0.15, 0.2) is 17.0 Å². The van der Waals surface area contributed by atoms with Gasteiger partial charge in [-0.05, 0) is 37.6 Å². The fourth-order valence-electron chi connectivity index (χ4n) is 6.04. The lowest BCUT2D eigenvalue weighted by molar-refractivity contribution is -0.276. The van der Waals surface area contributed by atoms with Gasteiger partial charge in [0.1, 0.15) is 6.04 Å². The maximum Gasteiger partial charge on any atom is 0.471 e. The molecule has 0 aliphatic carbocycles. The van der Waals surface area contributed by atoms with Crippen molar-refractivity contribution in [2.45, 2.75) is 85.4 Å². The number of aromatic nitrogens is 4. The molecule has 0 radical (unpaired) electrons. The number of hydrogen-bond donors (Lipinski definition) is 5. The lowest BCUT2D eigenvalue weighted by Crippen LogP contribution is -2.48. The minimum absolute atomic E-state index is 0.00861. The van der Waals surface area contributed by atoms with Crippen molar-refractivity contribution in [1.82, 2.24) is 40.8 Å². The number of esters is 1. The third kappa shape index (κ3) is 14.7. The molecule has 1 unspecified atom stereocenters. The average Bonchev–Trinajstić information content (AvgIpc) is 3.60. The number of nitrogens with zero attached hydrogens (tertiary/aromatic N) is 5. The number of rotatable bonds is 22. The number of anilines is 2. The molecule has 0 saturated carbocycles. The van der Waals surface area contributed by atoms with Crippen molar-refractivity contribution in [3.05, 3.63) is 64.2 Å². The van der Waals surface area contributed by atoms with Crippen molar-refractivity contribution in [2.24, 2.45) is 11.3 Å². The summed E-state index contributed by atoms with van der Waals surface area (Å²) in [6.07, 6.45) is -2.65. The number of imide groups is 1. The van der Waals surface area contributed by atoms with Gasteiger partial charge in [0, 0.05) is 67.2 Å². The molecule has 1 aromatic carbocycles. The number of nitrogens with one attached hydrogen (secondary N) is 5. The van der Waals surface area contributed by atoms with Gasteiger partial charge in [-0.2, -0.15) is 18.2 Å². The molecule has 3 aromatic rings. The van der Waals surface area contributed by atoms with E-state index in [-0.39, 0.29) is 86.2 Å². The highest BCUT2D eigenvalue weighted by Gasteiger charge is 2.43. The molecule has 1 aliphatic heterocycles. The Morgan fingerprint density at radius 1 is 0.853 bits per heavy atom. The predicted molar refractivity (Wildman–Crippen MR) is 234 cm³/mol. The van der Waals surface area contributed by atoms with Gasteiger partial charge in [0.25, 0.3) is 23.3 Å². The van der Waals surface area contributed by atoms with E-state index < -0.39 is 88.8 Å². The van der Waals surface area contributed by atoms with Gasteiger partial charge < -0.3 is 30.2 Å². The van der Waals surface area contributed by atoms with Gasteiger partial charge in [-0.25, -0.2) is 14.8 Å². The first-order valence-electron chi connectivity index (χ1n) is 21.1. The minimum atomic E-state index is -5.36. The van der Waals surface area contributed by atoms with E-state index in [1.54, 1.807) is 20.8 Å². The monoisotopic (exact) mass is 958 g/mol. The molecule has 4 rings (SSSR count). The summed E-state index contributed by atoms with van der Waals surface area (Å²) in [6.45, 7) is 9.78. The lowest BCUT2D eigenvalue weighted by atomic mass is 9.86. The van der Waals surface area contributed by atoms with Crippen LogP contribution in [0.3, 0.4) is 0 Å². The highest BCUT2D eigenvalue weighted by atomic mass is 19.4. The maximum atomic E-state index is 13.8. The molecular weight excluding hydrogens is 906 g/mol. The summed E-state index contributed by atoms with van der Waals surface area (Å²) in [7, 11) is 1.07. The van der Waals surface area contributed by atoms with Gasteiger partial charge in [0.2, 0.25) is 23.7 Å². The van der Waals surface area contributed by atoms with E-state index in [1.807, 2.05) is 20.8 Å². The molecule has 2 aromatic heterocycles. The molecule has 0 spiro atoms. The number of aromatic amines is 1. The second kappa shape index (κ2) is 23.0. The Kier molecular flexibility index (Phi) is 18.1. The SMILES string of the molecule is COC(=O)[C@H](CCC(=O)NCCOC(C)(OCCNC(=O)CCN1C(=O)C=CC1=O)C(C)(C)C)NC(=O)c1ccc(N(Cc2cnc3nc(NC(=O)C(C)C)[nH]c(=O)c3n2)C(=O)C(F)(F)F)cc1. The summed E-state index contributed by atoms with van der Waals surface area (Å²) in [5.74, 6) is -8.23. The number of hydrogen-bond acceptors (Lipinski definition) is 15. The number of carbonyl (C=O) groups excluding carboxylic acids is 8. The van der Waals surface area contributed by atoms with Gasteiger partial charge in [-0.3, -0.25) is 58.5 Å². The van der Waals surface area contributed by atoms with Crippen LogP contribution in [0.2, 0.25) is 0 Å². The number of methoxy groups -OCH3 is 1. The third-order valence-electron chi connectivity index (χ3n) is 10.4. The van der Waals surface area contributed by atoms with Crippen LogP contribution in [0.15, 0.2) is 47.4 Å². The molecule has 5 N–H and O–H groups in total. The van der Waals surface area contributed by atoms with Crippen LogP contribution >= 0.6 is 0 Å². The fourth-order valence-corrected chi connectivity index (χ4v) is 6.04. The number of ether oxygens (including phenoxy) is 3. The molecule has 0 bridgehead atoms. The van der Waals surface area contributed by atoms with E-state index >= 15 is 0 Å². The van der Waals surface area contributed by atoms with Gasteiger partial charge >= 0.3 is 18.1 Å². The molecule has 0 saturated heterocycles. The Morgan fingerprint density at radius 2 is 1.44 bits per heavy atom.